The molecule has 0 radical (unpaired) electrons. The molecule has 2 aromatic rings. The van der Waals surface area contributed by atoms with Crippen molar-refractivity contribution in [2.75, 3.05) is 0 Å². The second kappa shape index (κ2) is 4.31. The average Bonchev–Trinajstić information content (AvgIpc) is 2.78. The van der Waals surface area contributed by atoms with E-state index in [0.717, 1.165) is 29.5 Å². The summed E-state index contributed by atoms with van der Waals surface area (Å²) in [5, 5.41) is 21.9. The van der Waals surface area contributed by atoms with E-state index < -0.39 is 0 Å². The Balaban J connectivity index is 1.96. The van der Waals surface area contributed by atoms with Gasteiger partial charge in [0.15, 0.2) is 0 Å². The number of nitrogens with zero attached hydrogens (tertiary/aromatic N) is 1. The molecule has 3 aliphatic carbocycles. The van der Waals surface area contributed by atoms with Gasteiger partial charge in [-0.1, -0.05) is 29.8 Å². The quantitative estimate of drug-likeness (QED) is 0.768. The van der Waals surface area contributed by atoms with Crippen LogP contribution in [0.15, 0.2) is 30.4 Å². The number of benzene rings is 1. The lowest BCUT2D eigenvalue weighted by molar-refractivity contribution is 0.399. The van der Waals surface area contributed by atoms with Crippen LogP contribution in [0.3, 0.4) is 0 Å². The normalized spacial score (nSPS) is 22.6. The molecule has 108 valence electrons. The zero-order valence-corrected chi connectivity index (χ0v) is 12.4. The summed E-state index contributed by atoms with van der Waals surface area (Å²) in [6.45, 7) is 1.93. The molecule has 1 aromatic heterocycles. The summed E-state index contributed by atoms with van der Waals surface area (Å²) in [6, 6.07) is 5.53. The van der Waals surface area contributed by atoms with E-state index in [4.69, 9.17) is 11.6 Å². The first-order valence-corrected chi connectivity index (χ1v) is 7.57. The number of aromatic hydroxyl groups is 2. The Morgan fingerprint density at radius 3 is 2.10 bits per heavy atom. The van der Waals surface area contributed by atoms with Gasteiger partial charge in [0, 0.05) is 28.0 Å². The SMILES string of the molecule is Cc1ccc(-n2c(O)c3c(c2O)C2C=CC3CC2)cc1Cl. The van der Waals surface area contributed by atoms with Crippen molar-refractivity contribution in [2.45, 2.75) is 31.6 Å². The van der Waals surface area contributed by atoms with E-state index in [2.05, 4.69) is 12.2 Å². The number of hydrogen-bond donors (Lipinski definition) is 2. The van der Waals surface area contributed by atoms with E-state index in [1.54, 1.807) is 6.07 Å². The highest BCUT2D eigenvalue weighted by atomic mass is 35.5. The standard InChI is InChI=1S/C17H16ClNO2/c1-9-2-7-12(8-13(9)18)19-16(20)14-10-3-4-11(6-5-10)15(14)17(19)21/h2-4,7-8,10-11,20-21H,5-6H2,1H3. The fourth-order valence-corrected chi connectivity index (χ4v) is 3.75. The number of rotatable bonds is 1. The van der Waals surface area contributed by atoms with Crippen molar-refractivity contribution >= 4 is 11.6 Å². The van der Waals surface area contributed by atoms with E-state index in [-0.39, 0.29) is 23.6 Å². The molecule has 3 nitrogen and oxygen atoms in total. The fraction of sp³-hybridized carbons (Fsp3) is 0.294. The number of aromatic nitrogens is 1. The number of hydrogen-bond acceptors (Lipinski definition) is 2. The van der Waals surface area contributed by atoms with E-state index in [1.807, 2.05) is 19.1 Å². The van der Waals surface area contributed by atoms with Gasteiger partial charge in [-0.15, -0.1) is 0 Å². The van der Waals surface area contributed by atoms with Crippen LogP contribution in [0.5, 0.6) is 11.8 Å². The van der Waals surface area contributed by atoms with Crippen molar-refractivity contribution in [1.82, 2.24) is 4.57 Å². The van der Waals surface area contributed by atoms with Gasteiger partial charge < -0.3 is 10.2 Å². The van der Waals surface area contributed by atoms with Crippen LogP contribution in [-0.4, -0.2) is 14.8 Å². The van der Waals surface area contributed by atoms with Crippen molar-refractivity contribution < 1.29 is 10.2 Å². The Morgan fingerprint density at radius 1 is 1.05 bits per heavy atom. The molecule has 0 saturated carbocycles. The number of allylic oxidation sites excluding steroid dienone is 2. The molecule has 0 saturated heterocycles. The van der Waals surface area contributed by atoms with Gasteiger partial charge in [-0.2, -0.15) is 0 Å². The van der Waals surface area contributed by atoms with E-state index in [0.29, 0.717) is 10.7 Å². The second-order valence-electron chi connectivity index (χ2n) is 5.92. The Kier molecular flexibility index (Phi) is 2.64. The lowest BCUT2D eigenvalue weighted by atomic mass is 9.73. The van der Waals surface area contributed by atoms with E-state index >= 15 is 0 Å². The Bertz CT molecular complexity index is 738. The zero-order valence-electron chi connectivity index (χ0n) is 11.7. The molecule has 2 N–H and O–H groups in total. The molecule has 2 bridgehead atoms. The van der Waals surface area contributed by atoms with Crippen molar-refractivity contribution in [2.24, 2.45) is 0 Å². The summed E-state index contributed by atoms with van der Waals surface area (Å²) in [7, 11) is 0. The summed E-state index contributed by atoms with van der Waals surface area (Å²) < 4.78 is 1.51. The van der Waals surface area contributed by atoms with Gasteiger partial charge in [0.2, 0.25) is 11.8 Å². The minimum Gasteiger partial charge on any atom is -0.494 e. The summed E-state index contributed by atoms with van der Waals surface area (Å²) >= 11 is 6.18. The molecule has 2 atom stereocenters. The van der Waals surface area contributed by atoms with Crippen LogP contribution in [0.2, 0.25) is 5.02 Å². The third-order valence-corrected chi connectivity index (χ3v) is 5.12. The lowest BCUT2D eigenvalue weighted by Gasteiger charge is -2.30. The first-order valence-electron chi connectivity index (χ1n) is 7.19. The maximum Gasteiger partial charge on any atom is 0.202 e. The minimum absolute atomic E-state index is 0.140. The average molecular weight is 302 g/mol. The van der Waals surface area contributed by atoms with Crippen molar-refractivity contribution in [3.8, 4) is 17.4 Å². The van der Waals surface area contributed by atoms with Gasteiger partial charge in [-0.05, 0) is 37.5 Å². The van der Waals surface area contributed by atoms with Gasteiger partial charge in [0.25, 0.3) is 0 Å². The number of fused-ring (bicyclic) bond motifs is 1. The van der Waals surface area contributed by atoms with Gasteiger partial charge in [0.1, 0.15) is 0 Å². The van der Waals surface area contributed by atoms with Crippen molar-refractivity contribution in [3.63, 3.8) is 0 Å². The van der Waals surface area contributed by atoms with Crippen LogP contribution in [0.4, 0.5) is 0 Å². The van der Waals surface area contributed by atoms with Crippen LogP contribution in [-0.2, 0) is 0 Å². The Labute approximate surface area is 128 Å². The molecule has 4 heteroatoms. The summed E-state index contributed by atoms with van der Waals surface area (Å²) in [6.07, 6.45) is 6.34. The molecule has 21 heavy (non-hydrogen) atoms. The van der Waals surface area contributed by atoms with Gasteiger partial charge in [0.05, 0.1) is 5.69 Å². The molecule has 2 unspecified atom stereocenters. The monoisotopic (exact) mass is 301 g/mol. The molecule has 5 rings (SSSR count). The minimum atomic E-state index is 0.140. The molecule has 1 heterocycles. The predicted molar refractivity (Wildman–Crippen MR) is 82.7 cm³/mol. The molecular weight excluding hydrogens is 286 g/mol. The number of halogens is 1. The van der Waals surface area contributed by atoms with Crippen molar-refractivity contribution in [1.29, 1.82) is 0 Å². The molecule has 0 aliphatic heterocycles. The van der Waals surface area contributed by atoms with Gasteiger partial charge in [-0.3, -0.25) is 4.57 Å². The highest BCUT2D eigenvalue weighted by molar-refractivity contribution is 6.31. The van der Waals surface area contributed by atoms with Gasteiger partial charge in [-0.25, -0.2) is 0 Å². The summed E-state index contributed by atoms with van der Waals surface area (Å²) in [5.74, 6) is 0.694. The maximum atomic E-state index is 10.6. The van der Waals surface area contributed by atoms with Crippen LogP contribution in [0.1, 0.15) is 41.4 Å². The first kappa shape index (κ1) is 12.8. The third kappa shape index (κ3) is 1.67. The molecule has 0 spiro atoms. The summed E-state index contributed by atoms with van der Waals surface area (Å²) in [5.41, 5.74) is 3.42. The molecule has 0 amide bonds. The number of aryl methyl sites for hydroxylation is 1. The van der Waals surface area contributed by atoms with E-state index in [9.17, 15) is 10.2 Å². The highest BCUT2D eigenvalue weighted by Gasteiger charge is 2.37. The molecule has 0 fully saturated rings. The Morgan fingerprint density at radius 2 is 1.62 bits per heavy atom. The topological polar surface area (TPSA) is 45.4 Å². The van der Waals surface area contributed by atoms with Crippen molar-refractivity contribution in [3.05, 3.63) is 52.1 Å². The first-order chi connectivity index (χ1) is 10.1. The second-order valence-corrected chi connectivity index (χ2v) is 6.33. The smallest absolute Gasteiger partial charge is 0.202 e. The Hall–Kier alpha value is -1.87. The fourth-order valence-electron chi connectivity index (χ4n) is 3.58. The van der Waals surface area contributed by atoms with Crippen LogP contribution < -0.4 is 0 Å². The zero-order chi connectivity index (χ0) is 14.7. The van der Waals surface area contributed by atoms with Gasteiger partial charge >= 0.3 is 0 Å². The predicted octanol–water partition coefficient (Wildman–Crippen LogP) is 4.38. The van der Waals surface area contributed by atoms with Crippen LogP contribution >= 0.6 is 11.6 Å². The van der Waals surface area contributed by atoms with Crippen LogP contribution in [0.25, 0.3) is 5.69 Å². The van der Waals surface area contributed by atoms with E-state index in [1.165, 1.54) is 4.57 Å². The van der Waals surface area contributed by atoms with Crippen LogP contribution in [0, 0.1) is 6.92 Å². The summed E-state index contributed by atoms with van der Waals surface area (Å²) in [4.78, 5) is 0. The third-order valence-electron chi connectivity index (χ3n) is 4.72. The highest BCUT2D eigenvalue weighted by Crippen LogP contribution is 2.54. The maximum absolute atomic E-state index is 10.6. The molecular formula is C17H16ClNO2. The lowest BCUT2D eigenvalue weighted by Crippen LogP contribution is -2.15. The molecule has 1 aromatic carbocycles. The molecule has 3 aliphatic rings. The largest absolute Gasteiger partial charge is 0.494 e.